The minimum atomic E-state index is 0.840. The van der Waals surface area contributed by atoms with Crippen LogP contribution in [0.4, 0.5) is 0 Å². The van der Waals surface area contributed by atoms with E-state index in [0.29, 0.717) is 0 Å². The van der Waals surface area contributed by atoms with Crippen molar-refractivity contribution in [1.82, 2.24) is 18.3 Å². The van der Waals surface area contributed by atoms with Crippen molar-refractivity contribution in [2.45, 2.75) is 0 Å². The van der Waals surface area contributed by atoms with Gasteiger partial charge < -0.3 is 13.6 Å². The van der Waals surface area contributed by atoms with Crippen molar-refractivity contribution in [2.24, 2.45) is 0 Å². The molecule has 0 spiro atoms. The van der Waals surface area contributed by atoms with Crippen LogP contribution in [0.5, 0.6) is 0 Å². The molecule has 6 heteroatoms. The molecule has 16 rings (SSSR count). The van der Waals surface area contributed by atoms with E-state index in [0.717, 1.165) is 66.8 Å². The molecule has 0 saturated carbocycles. The van der Waals surface area contributed by atoms with E-state index < -0.39 is 0 Å². The van der Waals surface area contributed by atoms with E-state index in [1.165, 1.54) is 74.9 Å². The van der Waals surface area contributed by atoms with E-state index in [2.05, 4.69) is 249 Å². The van der Waals surface area contributed by atoms with Gasteiger partial charge in [0, 0.05) is 64.6 Å². The van der Waals surface area contributed by atoms with Crippen molar-refractivity contribution in [1.29, 1.82) is 0 Å². The van der Waals surface area contributed by atoms with E-state index in [4.69, 9.17) is 4.42 Å². The molecule has 70 heavy (non-hydrogen) atoms. The molecule has 0 amide bonds. The Morgan fingerprint density at radius 2 is 0.786 bits per heavy atom. The fourth-order valence-electron chi connectivity index (χ4n) is 11.9. The molecule has 0 radical (unpaired) electrons. The molecule has 5 nitrogen and oxygen atoms in total. The van der Waals surface area contributed by atoms with E-state index in [1.807, 2.05) is 11.3 Å². The molecule has 0 atom stereocenters. The van der Waals surface area contributed by atoms with Crippen LogP contribution in [0.2, 0.25) is 0 Å². The number of hydrogen-bond donors (Lipinski definition) is 0. The molecule has 0 aliphatic rings. The molecule has 0 saturated heterocycles. The first-order chi connectivity index (χ1) is 34.8. The molecule has 0 N–H and O–H groups in total. The zero-order chi connectivity index (χ0) is 45.6. The van der Waals surface area contributed by atoms with Crippen molar-refractivity contribution < 1.29 is 4.42 Å². The van der Waals surface area contributed by atoms with Crippen LogP contribution in [-0.4, -0.2) is 18.3 Å². The Kier molecular flexibility index (Phi) is 7.70. The third-order valence-corrected chi connectivity index (χ3v) is 15.9. The van der Waals surface area contributed by atoms with E-state index in [-0.39, 0.29) is 0 Å². The van der Waals surface area contributed by atoms with Crippen molar-refractivity contribution in [2.75, 3.05) is 0 Å². The minimum absolute atomic E-state index is 0.840. The number of furan rings is 1. The summed E-state index contributed by atoms with van der Waals surface area (Å²) in [5.74, 6) is 0. The first-order valence-corrected chi connectivity index (χ1v) is 24.7. The standard InChI is InChI=1S/C64H38N4OS/c1-3-17-41(18-4-1)65-51-27-11-7-21-43(51)45-25-15-29-55(61(45)65)67-53-35-33-39(37-49(53)59-47-23-9-13-31-57(47)69-63(59)67)40-34-36-54-50(38-40)60-48-24-10-14-32-58(48)70-64(60)68(54)56-30-16-26-46-44-22-8-12-28-52(44)66(62(46)56)42-19-5-2-6-20-42/h1-38H. The largest absolute Gasteiger partial charge is 0.439 e. The second-order valence-corrected chi connectivity index (χ2v) is 19.4. The molecule has 0 unspecified atom stereocenters. The van der Waals surface area contributed by atoms with E-state index in [1.54, 1.807) is 0 Å². The predicted octanol–water partition coefficient (Wildman–Crippen LogP) is 17.7. The fourth-order valence-corrected chi connectivity index (χ4v) is 13.1. The van der Waals surface area contributed by atoms with Crippen molar-refractivity contribution >= 4 is 119 Å². The highest BCUT2D eigenvalue weighted by Gasteiger charge is 2.26. The van der Waals surface area contributed by atoms with Gasteiger partial charge in [0.1, 0.15) is 10.4 Å². The Labute approximate surface area is 404 Å². The molecule has 6 heterocycles. The SMILES string of the molecule is c1ccc(-n2c3ccccc3c3cccc(-n4c5ccc(-c6ccc7c(c6)c6c8ccccc8sc6n7-c6cccc7c8ccccc8n(-c8ccccc8)c67)cc5c5c6ccccc6oc54)c32)cc1. The summed E-state index contributed by atoms with van der Waals surface area (Å²) in [6, 6.07) is 84.0. The van der Waals surface area contributed by atoms with Crippen LogP contribution in [-0.2, 0) is 0 Å². The van der Waals surface area contributed by atoms with Crippen molar-refractivity contribution in [3.8, 4) is 33.9 Å². The van der Waals surface area contributed by atoms with Gasteiger partial charge in [0.25, 0.3) is 0 Å². The van der Waals surface area contributed by atoms with Gasteiger partial charge in [-0.25, -0.2) is 0 Å². The zero-order valence-corrected chi connectivity index (χ0v) is 38.4. The average Bonchev–Trinajstić information content (AvgIpc) is 4.27. The topological polar surface area (TPSA) is 32.9 Å². The van der Waals surface area contributed by atoms with Gasteiger partial charge in [-0.1, -0.05) is 146 Å². The highest BCUT2D eigenvalue weighted by atomic mass is 32.1. The first kappa shape index (κ1) is 37.9. The summed E-state index contributed by atoms with van der Waals surface area (Å²) in [6.07, 6.45) is 0. The number of aromatic nitrogens is 4. The molecule has 0 fully saturated rings. The van der Waals surface area contributed by atoms with Crippen LogP contribution < -0.4 is 0 Å². The van der Waals surface area contributed by atoms with Crippen LogP contribution >= 0.6 is 11.3 Å². The number of hydrogen-bond acceptors (Lipinski definition) is 2. The van der Waals surface area contributed by atoms with Crippen LogP contribution in [0, 0.1) is 0 Å². The smallest absolute Gasteiger partial charge is 0.213 e. The van der Waals surface area contributed by atoms with Gasteiger partial charge in [-0.3, -0.25) is 9.13 Å². The maximum Gasteiger partial charge on any atom is 0.213 e. The maximum absolute atomic E-state index is 6.96. The quantitative estimate of drug-likeness (QED) is 0.169. The monoisotopic (exact) mass is 910 g/mol. The summed E-state index contributed by atoms with van der Waals surface area (Å²) in [4.78, 5) is 1.24. The lowest BCUT2D eigenvalue weighted by atomic mass is 10.00. The Morgan fingerprint density at radius 1 is 0.314 bits per heavy atom. The molecule has 0 aliphatic carbocycles. The lowest BCUT2D eigenvalue weighted by Gasteiger charge is -2.14. The summed E-state index contributed by atoms with van der Waals surface area (Å²) < 4.78 is 18.0. The average molecular weight is 911 g/mol. The molecule has 0 aliphatic heterocycles. The molecular formula is C64H38N4OS. The van der Waals surface area contributed by atoms with Crippen LogP contribution in [0.25, 0.3) is 142 Å². The molecular weight excluding hydrogens is 873 g/mol. The van der Waals surface area contributed by atoms with Gasteiger partial charge in [0.05, 0.1) is 49.9 Å². The minimum Gasteiger partial charge on any atom is -0.439 e. The Bertz CT molecular complexity index is 4520. The number of thiophene rings is 1. The molecule has 16 aromatic rings. The fraction of sp³-hybridized carbons (Fsp3) is 0. The second-order valence-electron chi connectivity index (χ2n) is 18.4. The van der Waals surface area contributed by atoms with Gasteiger partial charge >= 0.3 is 0 Å². The predicted molar refractivity (Wildman–Crippen MR) is 294 cm³/mol. The number of para-hydroxylation sites is 7. The Hall–Kier alpha value is -9.10. The first-order valence-electron chi connectivity index (χ1n) is 23.8. The molecule has 326 valence electrons. The lowest BCUT2D eigenvalue weighted by molar-refractivity contribution is 0.645. The van der Waals surface area contributed by atoms with E-state index >= 15 is 0 Å². The van der Waals surface area contributed by atoms with Crippen molar-refractivity contribution in [3.63, 3.8) is 0 Å². The normalized spacial score (nSPS) is 12.3. The van der Waals surface area contributed by atoms with Crippen LogP contribution in [0.15, 0.2) is 235 Å². The highest BCUT2D eigenvalue weighted by molar-refractivity contribution is 7.25. The Morgan fingerprint density at radius 3 is 1.41 bits per heavy atom. The molecule has 0 bridgehead atoms. The number of rotatable bonds is 5. The second kappa shape index (κ2) is 14.2. The van der Waals surface area contributed by atoms with Gasteiger partial charge in [-0.15, -0.1) is 11.3 Å². The highest BCUT2D eigenvalue weighted by Crippen LogP contribution is 2.48. The van der Waals surface area contributed by atoms with E-state index in [9.17, 15) is 0 Å². The summed E-state index contributed by atoms with van der Waals surface area (Å²) in [6.45, 7) is 0. The number of fused-ring (bicyclic) bond motifs is 16. The molecule has 6 aromatic heterocycles. The van der Waals surface area contributed by atoms with Gasteiger partial charge in [-0.05, 0) is 96.1 Å². The third-order valence-electron chi connectivity index (χ3n) is 14.8. The van der Waals surface area contributed by atoms with Crippen LogP contribution in [0.3, 0.4) is 0 Å². The van der Waals surface area contributed by atoms with Gasteiger partial charge in [0.2, 0.25) is 5.71 Å². The molecule has 10 aromatic carbocycles. The maximum atomic E-state index is 6.96. The zero-order valence-electron chi connectivity index (χ0n) is 37.5. The number of benzene rings is 10. The summed E-state index contributed by atoms with van der Waals surface area (Å²) in [7, 11) is 0. The number of nitrogens with zero attached hydrogens (tertiary/aromatic N) is 4. The summed E-state index contributed by atoms with van der Waals surface area (Å²) >= 11 is 1.87. The van der Waals surface area contributed by atoms with Crippen molar-refractivity contribution in [3.05, 3.63) is 231 Å². The van der Waals surface area contributed by atoms with Gasteiger partial charge in [0.15, 0.2) is 0 Å². The van der Waals surface area contributed by atoms with Gasteiger partial charge in [-0.2, -0.15) is 0 Å². The Balaban J connectivity index is 0.957. The van der Waals surface area contributed by atoms with Crippen LogP contribution in [0.1, 0.15) is 0 Å². The third kappa shape index (κ3) is 5.09. The lowest BCUT2D eigenvalue weighted by Crippen LogP contribution is -2.00. The summed E-state index contributed by atoms with van der Waals surface area (Å²) in [5.41, 5.74) is 15.5. The summed E-state index contributed by atoms with van der Waals surface area (Å²) in [5, 5.41) is 12.1.